The summed E-state index contributed by atoms with van der Waals surface area (Å²) in [5.74, 6) is -5.24. The minimum atomic E-state index is -1.26. The molecule has 7 N–H and O–H groups in total. The Kier molecular flexibility index (Phi) is 19.2. The third kappa shape index (κ3) is 17.4. The quantitative estimate of drug-likeness (QED) is 0.0845. The number of aryl methyl sites for hydroxylation is 2. The van der Waals surface area contributed by atoms with E-state index in [4.69, 9.17) is 36.9 Å². The van der Waals surface area contributed by atoms with Crippen molar-refractivity contribution in [3.63, 3.8) is 0 Å². The van der Waals surface area contributed by atoms with Gasteiger partial charge in [0.15, 0.2) is 0 Å². The van der Waals surface area contributed by atoms with E-state index in [2.05, 4.69) is 57.4 Å². The highest BCUT2D eigenvalue weighted by Gasteiger charge is 2.20. The van der Waals surface area contributed by atoms with Gasteiger partial charge in [0, 0.05) is 59.9 Å². The highest BCUT2D eigenvalue weighted by Crippen LogP contribution is 2.37. The van der Waals surface area contributed by atoms with Gasteiger partial charge in [-0.25, -0.2) is 24.7 Å². The second-order valence-electron chi connectivity index (χ2n) is 10.9. The number of hydrogen-bond donors (Lipinski definition) is 7. The molecule has 0 unspecified atom stereocenters. The van der Waals surface area contributed by atoms with E-state index in [-0.39, 0.29) is 12.0 Å². The fourth-order valence-electron chi connectivity index (χ4n) is 4.87. The highest BCUT2D eigenvalue weighted by atomic mass is 35.5. The van der Waals surface area contributed by atoms with Crippen molar-refractivity contribution in [2.45, 2.75) is 44.6 Å². The van der Waals surface area contributed by atoms with Gasteiger partial charge < -0.3 is 36.0 Å². The summed E-state index contributed by atoms with van der Waals surface area (Å²) in [5, 5.41) is 38.7. The molecule has 0 aromatic heterocycles. The summed E-state index contributed by atoms with van der Waals surface area (Å²) in [5.41, 5.74) is 7.79. The summed E-state index contributed by atoms with van der Waals surface area (Å²) in [6.07, 6.45) is 11.7. The maximum Gasteiger partial charge on any atom is 0.328 e. The van der Waals surface area contributed by atoms with Crippen molar-refractivity contribution in [1.82, 2.24) is 16.1 Å². The van der Waals surface area contributed by atoms with Crippen molar-refractivity contribution < 1.29 is 49.2 Å². The van der Waals surface area contributed by atoms with E-state index in [1.54, 1.807) is 0 Å². The number of aliphatic carboxylic acids is 4. The van der Waals surface area contributed by atoms with Crippen molar-refractivity contribution in [2.75, 3.05) is 37.6 Å². The number of halogens is 1. The monoisotopic (exact) mass is 714 g/mol. The summed E-state index contributed by atoms with van der Waals surface area (Å²) in [4.78, 5) is 58.0. The molecular weight excluding hydrogens is 672 g/mol. The average molecular weight is 715 g/mol. The van der Waals surface area contributed by atoms with Gasteiger partial charge in [-0.05, 0) is 87.5 Å². The molecule has 4 rings (SSSR count). The molecule has 14 nitrogen and oxygen atoms in total. The summed E-state index contributed by atoms with van der Waals surface area (Å²) < 4.78 is 0. The van der Waals surface area contributed by atoms with Crippen LogP contribution in [0.15, 0.2) is 78.9 Å². The SMILES string of the molecule is O=C(/C=C/CNCCCCN1c2ccccc2CCc2ccc(Cl)cc21)NOC1CCNCC1.O=C(O)/C=C\C(=O)O.O=C(O)/C=C\C(=O)O. The standard InChI is InChI=1S/C27H35ClN4O2.2C4H4O4/c28-23-12-11-22-10-9-21-6-1-2-7-25(21)32(26(22)20-23)19-4-3-15-29-16-5-8-27(33)31-34-24-13-17-30-18-14-24;2*5-3(6)1-2-4(7)8/h1-2,5-8,11-12,20,24,29-30H,3-4,9-10,13-19H2,(H,31,33);2*1-2H,(H,5,6)(H,7,8)/b8-5+;2*2-1-. The number of nitrogens with one attached hydrogen (secondary N) is 3. The van der Waals surface area contributed by atoms with Crippen molar-refractivity contribution in [1.29, 1.82) is 0 Å². The summed E-state index contributed by atoms with van der Waals surface area (Å²) in [6, 6.07) is 14.9. The number of piperidine rings is 1. The summed E-state index contributed by atoms with van der Waals surface area (Å²) in [7, 11) is 0. The number of amides is 1. The van der Waals surface area contributed by atoms with E-state index in [9.17, 15) is 24.0 Å². The topological polar surface area (TPSA) is 215 Å². The number of hydrogen-bond acceptors (Lipinski definition) is 9. The Hall–Kier alpha value is -5.02. The fourth-order valence-corrected chi connectivity index (χ4v) is 5.04. The first-order valence-electron chi connectivity index (χ1n) is 15.9. The molecule has 0 bridgehead atoms. The lowest BCUT2D eigenvalue weighted by atomic mass is 10.0. The molecule has 270 valence electrons. The van der Waals surface area contributed by atoms with Gasteiger partial charge >= 0.3 is 23.9 Å². The number of carboxylic acids is 4. The van der Waals surface area contributed by atoms with Crippen LogP contribution in [0.25, 0.3) is 0 Å². The lowest BCUT2D eigenvalue weighted by molar-refractivity contribution is -0.134. The van der Waals surface area contributed by atoms with E-state index in [1.807, 2.05) is 12.1 Å². The first-order chi connectivity index (χ1) is 24.0. The zero-order valence-electron chi connectivity index (χ0n) is 27.4. The minimum absolute atomic E-state index is 0.107. The fraction of sp³-hybridized carbons (Fsp3) is 0.343. The molecule has 0 spiro atoms. The van der Waals surface area contributed by atoms with Gasteiger partial charge in [0.05, 0.1) is 6.10 Å². The Morgan fingerprint density at radius 2 is 1.38 bits per heavy atom. The first kappa shape index (κ1) is 41.2. The van der Waals surface area contributed by atoms with Gasteiger partial charge in [-0.15, -0.1) is 0 Å². The van der Waals surface area contributed by atoms with Crippen LogP contribution in [-0.4, -0.2) is 89.0 Å². The third-order valence-electron chi connectivity index (χ3n) is 7.15. The van der Waals surface area contributed by atoms with Crippen LogP contribution < -0.4 is 21.0 Å². The van der Waals surface area contributed by atoms with E-state index in [0.29, 0.717) is 30.8 Å². The van der Waals surface area contributed by atoms with Gasteiger partial charge in [-0.1, -0.05) is 41.9 Å². The molecule has 15 heteroatoms. The Balaban J connectivity index is 0.000000450. The average Bonchev–Trinajstić information content (AvgIpc) is 3.24. The number of rotatable bonds is 14. The molecule has 2 aromatic carbocycles. The van der Waals surface area contributed by atoms with Crippen LogP contribution in [0.1, 0.15) is 36.8 Å². The number of hydroxylamine groups is 1. The summed E-state index contributed by atoms with van der Waals surface area (Å²) in [6.45, 7) is 4.37. The molecule has 1 saturated heterocycles. The van der Waals surface area contributed by atoms with Gasteiger partial charge in [0.25, 0.3) is 5.91 Å². The molecule has 2 aromatic rings. The lowest BCUT2D eigenvalue weighted by Crippen LogP contribution is -2.37. The molecule has 1 amide bonds. The van der Waals surface area contributed by atoms with Gasteiger partial charge in [0.1, 0.15) is 0 Å². The van der Waals surface area contributed by atoms with Crippen LogP contribution in [0.5, 0.6) is 0 Å². The second-order valence-corrected chi connectivity index (χ2v) is 11.4. The number of para-hydroxylation sites is 1. The second kappa shape index (κ2) is 23.4. The van der Waals surface area contributed by atoms with Crippen molar-refractivity contribution in [3.05, 3.63) is 95.1 Å². The first-order valence-corrected chi connectivity index (χ1v) is 16.3. The molecule has 50 heavy (non-hydrogen) atoms. The van der Waals surface area contributed by atoms with Gasteiger partial charge in [0.2, 0.25) is 0 Å². The number of unbranched alkanes of at least 4 members (excludes halogenated alkanes) is 1. The van der Waals surface area contributed by atoms with Crippen LogP contribution in [0.2, 0.25) is 5.02 Å². The van der Waals surface area contributed by atoms with Crippen molar-refractivity contribution in [3.8, 4) is 0 Å². The smallest absolute Gasteiger partial charge is 0.328 e. The zero-order chi connectivity index (χ0) is 36.7. The van der Waals surface area contributed by atoms with Crippen LogP contribution in [-0.2, 0) is 41.7 Å². The van der Waals surface area contributed by atoms with Crippen LogP contribution in [0.3, 0.4) is 0 Å². The number of carbonyl (C=O) groups excluding carboxylic acids is 1. The predicted molar refractivity (Wildman–Crippen MR) is 187 cm³/mol. The number of fused-ring (bicyclic) bond motifs is 2. The molecule has 0 aliphatic carbocycles. The van der Waals surface area contributed by atoms with Crippen molar-refractivity contribution in [2.24, 2.45) is 0 Å². The van der Waals surface area contributed by atoms with Gasteiger partial charge in [-0.2, -0.15) is 0 Å². The van der Waals surface area contributed by atoms with E-state index in [1.165, 1.54) is 28.6 Å². The Morgan fingerprint density at radius 3 is 1.98 bits per heavy atom. The number of nitrogens with zero attached hydrogens (tertiary/aromatic N) is 1. The molecule has 0 saturated carbocycles. The highest BCUT2D eigenvalue weighted by molar-refractivity contribution is 6.30. The van der Waals surface area contributed by atoms with Crippen LogP contribution in [0.4, 0.5) is 11.4 Å². The van der Waals surface area contributed by atoms with E-state index >= 15 is 0 Å². The van der Waals surface area contributed by atoms with E-state index < -0.39 is 23.9 Å². The number of carbonyl (C=O) groups is 5. The number of carboxylic acid groups (broad SMARTS) is 4. The third-order valence-corrected chi connectivity index (χ3v) is 7.39. The van der Waals surface area contributed by atoms with Crippen LogP contribution >= 0.6 is 11.6 Å². The van der Waals surface area contributed by atoms with Crippen LogP contribution in [0, 0.1) is 0 Å². The largest absolute Gasteiger partial charge is 0.478 e. The zero-order valence-corrected chi connectivity index (χ0v) is 28.2. The molecule has 2 heterocycles. The lowest BCUT2D eigenvalue weighted by Gasteiger charge is -2.27. The minimum Gasteiger partial charge on any atom is -0.478 e. The molecule has 1 fully saturated rings. The molecular formula is C35H43ClN4O10. The maximum atomic E-state index is 11.9. The summed E-state index contributed by atoms with van der Waals surface area (Å²) >= 11 is 6.35. The Morgan fingerprint density at radius 1 is 0.800 bits per heavy atom. The predicted octanol–water partition coefficient (Wildman–Crippen LogP) is 3.73. The number of anilines is 2. The normalized spacial score (nSPS) is 14.1. The number of benzene rings is 2. The van der Waals surface area contributed by atoms with E-state index in [0.717, 1.165) is 69.7 Å². The van der Waals surface area contributed by atoms with Crippen molar-refractivity contribution >= 4 is 52.8 Å². The maximum absolute atomic E-state index is 11.9. The molecule has 2 aliphatic rings. The molecule has 0 radical (unpaired) electrons. The molecule has 0 atom stereocenters. The Labute approximate surface area is 295 Å². The van der Waals surface area contributed by atoms with Gasteiger partial charge in [-0.3, -0.25) is 9.63 Å². The molecule has 2 aliphatic heterocycles. The Bertz CT molecular complexity index is 1460.